The molecule has 4 atom stereocenters. The van der Waals surface area contributed by atoms with Gasteiger partial charge in [-0.3, -0.25) is 0 Å². The van der Waals surface area contributed by atoms with E-state index in [9.17, 15) is 25.2 Å². The van der Waals surface area contributed by atoms with Crippen molar-refractivity contribution in [2.75, 3.05) is 0 Å². The first-order chi connectivity index (χ1) is 12.1. The maximum atomic E-state index is 10.6. The smallest absolute Gasteiger partial charge is 0.366 e. The first kappa shape index (κ1) is 25.0. The Kier molecular flexibility index (Phi) is 12.7. The summed E-state index contributed by atoms with van der Waals surface area (Å²) in [6.45, 7) is 2.05. The molecule has 0 rings (SSSR count). The third-order valence-electron chi connectivity index (χ3n) is 4.28. The van der Waals surface area contributed by atoms with Gasteiger partial charge in [0.15, 0.2) is 0 Å². The highest BCUT2D eigenvalue weighted by atomic mass is 16.6. The molecule has 26 heavy (non-hydrogen) atoms. The maximum Gasteiger partial charge on any atom is 0.366 e. The van der Waals surface area contributed by atoms with Crippen LogP contribution in [0.1, 0.15) is 64.7 Å². The molecule has 0 saturated heterocycles. The summed E-state index contributed by atoms with van der Waals surface area (Å²) in [4.78, 5) is 10.6. The summed E-state index contributed by atoms with van der Waals surface area (Å²) in [6, 6.07) is 0. The van der Waals surface area contributed by atoms with Gasteiger partial charge in [-0.15, -0.1) is 0 Å². The average molecular weight is 378 g/mol. The van der Waals surface area contributed by atoms with E-state index in [0.29, 0.717) is 32.1 Å². The number of carboxylic acid groups (broad SMARTS) is 1. The van der Waals surface area contributed by atoms with Crippen molar-refractivity contribution < 1.29 is 40.5 Å². The van der Waals surface area contributed by atoms with E-state index in [1.807, 2.05) is 0 Å². The number of aliphatic hydroxyl groups excluding tert-OH is 4. The van der Waals surface area contributed by atoms with E-state index in [1.54, 1.807) is 0 Å². The Hall–Kier alpha value is -1.03. The Morgan fingerprint density at radius 2 is 1.46 bits per heavy atom. The van der Waals surface area contributed by atoms with Gasteiger partial charge in [0.1, 0.15) is 6.10 Å². The quantitative estimate of drug-likeness (QED) is 0.122. The second-order valence-corrected chi connectivity index (χ2v) is 6.69. The van der Waals surface area contributed by atoms with Gasteiger partial charge in [-0.05, 0) is 19.3 Å². The van der Waals surface area contributed by atoms with Crippen LogP contribution in [-0.4, -0.2) is 71.9 Å². The van der Waals surface area contributed by atoms with Gasteiger partial charge in [-0.2, -0.15) is 0 Å². The van der Waals surface area contributed by atoms with Crippen molar-refractivity contribution >= 4 is 5.97 Å². The van der Waals surface area contributed by atoms with Crippen LogP contribution in [-0.2, 0) is 4.79 Å². The van der Waals surface area contributed by atoms with Gasteiger partial charge in [0.2, 0.25) is 0 Å². The molecule has 7 N–H and O–H groups in total. The van der Waals surface area contributed by atoms with Crippen LogP contribution < -0.4 is 0 Å². The largest absolute Gasteiger partial charge is 0.477 e. The van der Waals surface area contributed by atoms with Crippen LogP contribution in [0.5, 0.6) is 0 Å². The summed E-state index contributed by atoms with van der Waals surface area (Å²) in [5.74, 6) is -5.06. The van der Waals surface area contributed by atoms with E-state index < -0.39 is 36.2 Å². The SMILES string of the molecule is CCCCCC(O)C(O)C=CC(O)CCCCCC(O)C(O)(O)C(=O)O. The molecule has 0 aromatic heterocycles. The van der Waals surface area contributed by atoms with E-state index in [4.69, 9.17) is 15.3 Å². The fraction of sp³-hybridized carbons (Fsp3) is 0.833. The monoisotopic (exact) mass is 378 g/mol. The number of aliphatic hydroxyl groups is 6. The molecule has 154 valence electrons. The van der Waals surface area contributed by atoms with Crippen LogP contribution in [0.15, 0.2) is 12.2 Å². The molecule has 0 aliphatic carbocycles. The molecule has 0 spiro atoms. The highest BCUT2D eigenvalue weighted by molar-refractivity contribution is 5.75. The Labute approximate surface area is 154 Å². The number of aliphatic carboxylic acids is 1. The van der Waals surface area contributed by atoms with Crippen LogP contribution >= 0.6 is 0 Å². The lowest BCUT2D eigenvalue weighted by atomic mass is 10.0. The molecular formula is C18H34O8. The number of hydrogen-bond acceptors (Lipinski definition) is 7. The summed E-state index contributed by atoms with van der Waals surface area (Å²) in [7, 11) is 0. The number of rotatable bonds is 15. The summed E-state index contributed by atoms with van der Waals surface area (Å²) in [5.41, 5.74) is 0. The Balaban J connectivity index is 3.95. The Morgan fingerprint density at radius 1 is 0.885 bits per heavy atom. The van der Waals surface area contributed by atoms with Crippen molar-refractivity contribution in [3.8, 4) is 0 Å². The predicted molar refractivity (Wildman–Crippen MR) is 95.2 cm³/mol. The van der Waals surface area contributed by atoms with Gasteiger partial charge in [0.05, 0.1) is 18.3 Å². The van der Waals surface area contributed by atoms with Crippen LogP contribution in [0.25, 0.3) is 0 Å². The summed E-state index contributed by atoms with van der Waals surface area (Å²) in [5, 5.41) is 65.7. The van der Waals surface area contributed by atoms with Crippen molar-refractivity contribution in [2.24, 2.45) is 0 Å². The second-order valence-electron chi connectivity index (χ2n) is 6.69. The molecule has 0 heterocycles. The highest BCUT2D eigenvalue weighted by Crippen LogP contribution is 2.16. The number of hydrogen-bond donors (Lipinski definition) is 7. The molecule has 0 saturated carbocycles. The van der Waals surface area contributed by atoms with Gasteiger partial charge < -0.3 is 35.7 Å². The van der Waals surface area contributed by atoms with Gasteiger partial charge in [-0.1, -0.05) is 57.6 Å². The van der Waals surface area contributed by atoms with E-state index in [2.05, 4.69) is 6.92 Å². The van der Waals surface area contributed by atoms with E-state index in [1.165, 1.54) is 12.2 Å². The molecular weight excluding hydrogens is 344 g/mol. The van der Waals surface area contributed by atoms with Crippen LogP contribution in [0.4, 0.5) is 0 Å². The Morgan fingerprint density at radius 3 is 2.04 bits per heavy atom. The lowest BCUT2D eigenvalue weighted by Crippen LogP contribution is -2.49. The predicted octanol–water partition coefficient (Wildman–Crippen LogP) is 0.282. The molecule has 8 heteroatoms. The molecule has 0 aliphatic heterocycles. The van der Waals surface area contributed by atoms with Gasteiger partial charge in [-0.25, -0.2) is 4.79 Å². The molecule has 0 aromatic carbocycles. The molecule has 8 nitrogen and oxygen atoms in total. The number of carboxylic acids is 1. The van der Waals surface area contributed by atoms with E-state index >= 15 is 0 Å². The first-order valence-corrected chi connectivity index (χ1v) is 9.21. The maximum absolute atomic E-state index is 10.6. The summed E-state index contributed by atoms with van der Waals surface area (Å²) < 4.78 is 0. The fourth-order valence-corrected chi connectivity index (χ4v) is 2.45. The minimum Gasteiger partial charge on any atom is -0.477 e. The van der Waals surface area contributed by atoms with Gasteiger partial charge in [0.25, 0.3) is 5.79 Å². The van der Waals surface area contributed by atoms with Crippen LogP contribution in [0, 0.1) is 0 Å². The normalized spacial score (nSPS) is 17.2. The number of unbranched alkanes of at least 4 members (excludes halogenated alkanes) is 4. The third kappa shape index (κ3) is 10.2. The topological polar surface area (TPSA) is 159 Å². The average Bonchev–Trinajstić information content (AvgIpc) is 2.58. The van der Waals surface area contributed by atoms with E-state index in [-0.39, 0.29) is 6.42 Å². The second kappa shape index (κ2) is 13.2. The van der Waals surface area contributed by atoms with Crippen molar-refractivity contribution in [1.82, 2.24) is 0 Å². The van der Waals surface area contributed by atoms with Crippen molar-refractivity contribution in [3.05, 3.63) is 12.2 Å². The fourth-order valence-electron chi connectivity index (χ4n) is 2.45. The third-order valence-corrected chi connectivity index (χ3v) is 4.28. The zero-order chi connectivity index (χ0) is 20.2. The van der Waals surface area contributed by atoms with Crippen molar-refractivity contribution in [3.63, 3.8) is 0 Å². The zero-order valence-electron chi connectivity index (χ0n) is 15.4. The van der Waals surface area contributed by atoms with Crippen LogP contribution in [0.3, 0.4) is 0 Å². The molecule has 0 aromatic rings. The van der Waals surface area contributed by atoms with E-state index in [0.717, 1.165) is 19.3 Å². The van der Waals surface area contributed by atoms with Gasteiger partial charge >= 0.3 is 5.97 Å². The zero-order valence-corrected chi connectivity index (χ0v) is 15.4. The van der Waals surface area contributed by atoms with Crippen LogP contribution in [0.2, 0.25) is 0 Å². The van der Waals surface area contributed by atoms with Gasteiger partial charge in [0, 0.05) is 0 Å². The molecule has 0 bridgehead atoms. The standard InChI is InChI=1S/C18H34O8/c1-2-3-5-9-14(20)15(21)12-11-13(19)8-6-4-7-10-16(22)18(25,26)17(23)24/h11-16,19-22,25-26H,2-10H2,1H3,(H,23,24). The number of carbonyl (C=O) groups is 1. The summed E-state index contributed by atoms with van der Waals surface area (Å²) >= 11 is 0. The minimum atomic E-state index is -3.16. The van der Waals surface area contributed by atoms with Crippen molar-refractivity contribution in [1.29, 1.82) is 0 Å². The molecule has 0 amide bonds. The molecule has 4 unspecified atom stereocenters. The Bertz CT molecular complexity index is 410. The molecule has 0 aliphatic rings. The minimum absolute atomic E-state index is 0.0894. The highest BCUT2D eigenvalue weighted by Gasteiger charge is 2.41. The van der Waals surface area contributed by atoms with Crippen molar-refractivity contribution in [2.45, 2.75) is 94.9 Å². The summed E-state index contributed by atoms with van der Waals surface area (Å²) in [6.07, 6.45) is 3.54. The first-order valence-electron chi connectivity index (χ1n) is 9.21. The lowest BCUT2D eigenvalue weighted by Gasteiger charge is -2.22. The lowest BCUT2D eigenvalue weighted by molar-refractivity contribution is -0.237. The molecule has 0 fully saturated rings. The molecule has 0 radical (unpaired) electrons.